The molecule has 2 rings (SSSR count). The van der Waals surface area contributed by atoms with Gasteiger partial charge in [-0.15, -0.1) is 10.2 Å². The van der Waals surface area contributed by atoms with E-state index in [-0.39, 0.29) is 18.9 Å². The molecule has 1 aromatic heterocycles. The van der Waals surface area contributed by atoms with Crippen molar-refractivity contribution >= 4 is 49.8 Å². The molecule has 142 valence electrons. The smallest absolute Gasteiger partial charge is 0.232 e. The van der Waals surface area contributed by atoms with Crippen molar-refractivity contribution < 1.29 is 17.6 Å². The molecule has 0 saturated carbocycles. The molecule has 1 amide bonds. The number of anilines is 2. The first kappa shape index (κ1) is 20.6. The van der Waals surface area contributed by atoms with Crippen molar-refractivity contribution in [1.82, 2.24) is 10.2 Å². The number of aromatic nitrogens is 2. The lowest BCUT2D eigenvalue weighted by Crippen LogP contribution is -2.31. The number of hydrogen-bond acceptors (Lipinski definition) is 7. The van der Waals surface area contributed by atoms with E-state index >= 15 is 0 Å². The Morgan fingerprint density at radius 3 is 2.62 bits per heavy atom. The van der Waals surface area contributed by atoms with Crippen molar-refractivity contribution in [3.05, 3.63) is 30.1 Å². The Bertz CT molecular complexity index is 840. The zero-order valence-electron chi connectivity index (χ0n) is 14.3. The van der Waals surface area contributed by atoms with E-state index in [4.69, 9.17) is 0 Å². The van der Waals surface area contributed by atoms with Crippen LogP contribution in [0.3, 0.4) is 0 Å². The molecule has 11 heteroatoms. The maximum atomic E-state index is 13.0. The molecule has 0 aliphatic carbocycles. The molecule has 1 heterocycles. The van der Waals surface area contributed by atoms with Gasteiger partial charge in [0.05, 0.1) is 11.9 Å². The van der Waals surface area contributed by atoms with Gasteiger partial charge in [-0.1, -0.05) is 30.0 Å². The maximum Gasteiger partial charge on any atom is 0.232 e. The van der Waals surface area contributed by atoms with Gasteiger partial charge in [0.25, 0.3) is 0 Å². The Morgan fingerprint density at radius 2 is 2.00 bits per heavy atom. The van der Waals surface area contributed by atoms with Crippen LogP contribution in [0.15, 0.2) is 28.6 Å². The van der Waals surface area contributed by atoms with Crippen molar-refractivity contribution in [2.24, 2.45) is 0 Å². The van der Waals surface area contributed by atoms with Crippen LogP contribution in [0, 0.1) is 5.82 Å². The second kappa shape index (κ2) is 9.28. The van der Waals surface area contributed by atoms with Gasteiger partial charge >= 0.3 is 0 Å². The number of benzene rings is 1. The van der Waals surface area contributed by atoms with Gasteiger partial charge in [0.15, 0.2) is 4.34 Å². The molecule has 0 fully saturated rings. The monoisotopic (exact) mass is 418 g/mol. The van der Waals surface area contributed by atoms with Crippen molar-refractivity contribution in [3.63, 3.8) is 0 Å². The predicted molar refractivity (Wildman–Crippen MR) is 103 cm³/mol. The molecular formula is C15H19FN4O3S3. The normalized spacial score (nSPS) is 11.3. The van der Waals surface area contributed by atoms with Gasteiger partial charge in [-0.25, -0.2) is 12.8 Å². The molecule has 0 unspecified atom stereocenters. The van der Waals surface area contributed by atoms with E-state index in [1.807, 2.05) is 6.92 Å². The zero-order chi connectivity index (χ0) is 19.2. The van der Waals surface area contributed by atoms with E-state index in [2.05, 4.69) is 15.5 Å². The maximum absolute atomic E-state index is 13.0. The summed E-state index contributed by atoms with van der Waals surface area (Å²) < 4.78 is 38.9. The number of hydrogen-bond donors (Lipinski definition) is 1. The molecular weight excluding hydrogens is 399 g/mol. The predicted octanol–water partition coefficient (Wildman–Crippen LogP) is 2.97. The fourth-order valence-corrected chi connectivity index (χ4v) is 4.73. The van der Waals surface area contributed by atoms with Crippen LogP contribution in [0.5, 0.6) is 0 Å². The molecule has 0 radical (unpaired) electrons. The largest absolute Gasteiger partial charge is 0.301 e. The highest BCUT2D eigenvalue weighted by atomic mass is 32.2. The van der Waals surface area contributed by atoms with Gasteiger partial charge in [-0.2, -0.15) is 0 Å². The molecule has 0 atom stereocenters. The van der Waals surface area contributed by atoms with Crippen LogP contribution in [-0.4, -0.2) is 43.1 Å². The number of thioether (sulfide) groups is 1. The second-order valence-electron chi connectivity index (χ2n) is 5.27. The first-order valence-corrected chi connectivity index (χ1v) is 11.4. The summed E-state index contributed by atoms with van der Waals surface area (Å²) in [4.78, 5) is 12.0. The molecule has 0 aliphatic rings. The first-order valence-electron chi connectivity index (χ1n) is 7.79. The van der Waals surface area contributed by atoms with Crippen LogP contribution in [0.1, 0.15) is 19.8 Å². The SMILES string of the molecule is CCSc1nnc(NC(=O)CCCN(c2ccc(F)cc2)S(C)(=O)=O)s1. The van der Waals surface area contributed by atoms with Gasteiger partial charge in [-0.3, -0.25) is 9.10 Å². The first-order chi connectivity index (χ1) is 12.3. The average Bonchev–Trinajstić information content (AvgIpc) is 2.99. The number of halogens is 1. The van der Waals surface area contributed by atoms with Gasteiger partial charge in [-0.05, 0) is 36.4 Å². The van der Waals surface area contributed by atoms with Gasteiger partial charge in [0.1, 0.15) is 5.82 Å². The Labute approximate surface area is 160 Å². The molecule has 0 aliphatic heterocycles. The summed E-state index contributed by atoms with van der Waals surface area (Å²) >= 11 is 2.83. The van der Waals surface area contributed by atoms with Crippen LogP contribution in [0.4, 0.5) is 15.2 Å². The van der Waals surface area contributed by atoms with Crippen molar-refractivity contribution in [3.8, 4) is 0 Å². The molecule has 0 bridgehead atoms. The number of rotatable bonds is 9. The third-order valence-corrected chi connectivity index (χ3v) is 6.25. The van der Waals surface area contributed by atoms with Crippen LogP contribution in [-0.2, 0) is 14.8 Å². The second-order valence-corrected chi connectivity index (χ2v) is 9.66. The third kappa shape index (κ3) is 6.22. The van der Waals surface area contributed by atoms with E-state index in [0.717, 1.165) is 20.7 Å². The van der Waals surface area contributed by atoms with Crippen molar-refractivity contribution in [1.29, 1.82) is 0 Å². The minimum absolute atomic E-state index is 0.116. The zero-order valence-corrected chi connectivity index (χ0v) is 16.8. The van der Waals surface area contributed by atoms with Crippen LogP contribution in [0.2, 0.25) is 0 Å². The summed E-state index contributed by atoms with van der Waals surface area (Å²) in [6, 6.07) is 5.18. The number of nitrogens with zero attached hydrogens (tertiary/aromatic N) is 3. The molecule has 1 N–H and O–H groups in total. The van der Waals surface area contributed by atoms with E-state index < -0.39 is 15.8 Å². The minimum atomic E-state index is -3.53. The number of sulfonamides is 1. The fourth-order valence-electron chi connectivity index (χ4n) is 2.10. The van der Waals surface area contributed by atoms with E-state index in [1.54, 1.807) is 0 Å². The lowest BCUT2D eigenvalue weighted by atomic mass is 10.2. The summed E-state index contributed by atoms with van der Waals surface area (Å²) in [6.07, 6.45) is 1.51. The molecule has 0 saturated heterocycles. The molecule has 0 spiro atoms. The Morgan fingerprint density at radius 1 is 1.31 bits per heavy atom. The third-order valence-electron chi connectivity index (χ3n) is 3.20. The summed E-state index contributed by atoms with van der Waals surface area (Å²) in [6.45, 7) is 2.11. The van der Waals surface area contributed by atoms with Crippen LogP contribution in [0.25, 0.3) is 0 Å². The van der Waals surface area contributed by atoms with E-state index in [9.17, 15) is 17.6 Å². The highest BCUT2D eigenvalue weighted by Crippen LogP contribution is 2.25. The van der Waals surface area contributed by atoms with E-state index in [0.29, 0.717) is 17.2 Å². The number of carbonyl (C=O) groups is 1. The average molecular weight is 419 g/mol. The lowest BCUT2D eigenvalue weighted by Gasteiger charge is -2.22. The molecule has 26 heavy (non-hydrogen) atoms. The number of nitrogens with one attached hydrogen (secondary N) is 1. The van der Waals surface area contributed by atoms with Crippen LogP contribution < -0.4 is 9.62 Å². The lowest BCUT2D eigenvalue weighted by molar-refractivity contribution is -0.116. The Kier molecular flexibility index (Phi) is 7.35. The summed E-state index contributed by atoms with van der Waals surface area (Å²) in [5.74, 6) is 0.161. The van der Waals surface area contributed by atoms with Crippen molar-refractivity contribution in [2.75, 3.05) is 28.2 Å². The fraction of sp³-hybridized carbons (Fsp3) is 0.400. The standard InChI is InChI=1S/C15H19FN4O3S3/c1-3-24-15-19-18-14(25-15)17-13(21)5-4-10-20(26(2,22)23)12-8-6-11(16)7-9-12/h6-9H,3-5,10H2,1-2H3,(H,17,18,21). The highest BCUT2D eigenvalue weighted by Gasteiger charge is 2.18. The molecule has 2 aromatic rings. The highest BCUT2D eigenvalue weighted by molar-refractivity contribution is 8.01. The quantitative estimate of drug-likeness (QED) is 0.497. The summed E-state index contributed by atoms with van der Waals surface area (Å²) in [5, 5.41) is 10.9. The Balaban J connectivity index is 1.90. The summed E-state index contributed by atoms with van der Waals surface area (Å²) in [5.41, 5.74) is 0.361. The van der Waals surface area contributed by atoms with Gasteiger partial charge < -0.3 is 5.32 Å². The van der Waals surface area contributed by atoms with Gasteiger partial charge in [0, 0.05) is 13.0 Å². The molecule has 7 nitrogen and oxygen atoms in total. The van der Waals surface area contributed by atoms with Gasteiger partial charge in [0.2, 0.25) is 21.1 Å². The summed E-state index contributed by atoms with van der Waals surface area (Å²) in [7, 11) is -3.53. The Hall–Kier alpha value is -1.72. The van der Waals surface area contributed by atoms with E-state index in [1.165, 1.54) is 47.4 Å². The van der Waals surface area contributed by atoms with Crippen molar-refractivity contribution in [2.45, 2.75) is 24.1 Å². The number of carbonyl (C=O) groups excluding carboxylic acids is 1. The van der Waals surface area contributed by atoms with Crippen LogP contribution >= 0.6 is 23.1 Å². The number of amides is 1. The molecule has 1 aromatic carbocycles. The topological polar surface area (TPSA) is 92.3 Å². The minimum Gasteiger partial charge on any atom is -0.301 e.